The Hall–Kier alpha value is -4.07. The van der Waals surface area contributed by atoms with Gasteiger partial charge in [-0.2, -0.15) is 5.26 Å². The maximum atomic E-state index is 12.4. The second-order valence-corrected chi connectivity index (χ2v) is 9.28. The van der Waals surface area contributed by atoms with Crippen LogP contribution in [0.5, 0.6) is 11.5 Å². The molecule has 1 unspecified atom stereocenters. The summed E-state index contributed by atoms with van der Waals surface area (Å²) in [6, 6.07) is 19.0. The van der Waals surface area contributed by atoms with Crippen LogP contribution in [-0.2, 0) is 6.42 Å². The van der Waals surface area contributed by atoms with Crippen LogP contribution in [0, 0.1) is 11.3 Å². The maximum Gasteiger partial charge on any atom is 0.573 e. The summed E-state index contributed by atoms with van der Waals surface area (Å²) in [4.78, 5) is 11.1. The molecule has 0 heterocycles. The number of hydrogen-bond donors (Lipinski definition) is 3. The van der Waals surface area contributed by atoms with E-state index in [0.717, 1.165) is 24.0 Å². The van der Waals surface area contributed by atoms with Gasteiger partial charge in [0.25, 0.3) is 0 Å². The highest BCUT2D eigenvalue weighted by molar-refractivity contribution is 5.88. The first-order chi connectivity index (χ1) is 18.0. The molecule has 0 aromatic heterocycles. The molecule has 0 amide bonds. The molecule has 0 radical (unpaired) electrons. The molecule has 0 aliphatic heterocycles. The number of benzene rings is 3. The quantitative estimate of drug-likeness (QED) is 0.309. The van der Waals surface area contributed by atoms with Gasteiger partial charge in [0.05, 0.1) is 11.1 Å². The van der Waals surface area contributed by atoms with Crippen molar-refractivity contribution in [3.8, 4) is 28.7 Å². The van der Waals surface area contributed by atoms with Crippen LogP contribution in [0.2, 0.25) is 0 Å². The summed E-state index contributed by atoms with van der Waals surface area (Å²) < 4.78 is 47.3. The Morgan fingerprint density at radius 3 is 2.24 bits per heavy atom. The van der Waals surface area contributed by atoms with Crippen molar-refractivity contribution in [1.82, 2.24) is 5.32 Å². The molecule has 1 aliphatic carbocycles. The van der Waals surface area contributed by atoms with Crippen molar-refractivity contribution in [2.45, 2.75) is 50.4 Å². The Labute approximate surface area is 217 Å². The molecule has 3 aromatic rings. The van der Waals surface area contributed by atoms with Crippen LogP contribution >= 0.6 is 0 Å². The zero-order chi connectivity index (χ0) is 27.5. The maximum absolute atomic E-state index is 12.4. The van der Waals surface area contributed by atoms with Gasteiger partial charge in [-0.25, -0.2) is 4.79 Å². The molecule has 38 heavy (non-hydrogen) atoms. The number of halogens is 3. The van der Waals surface area contributed by atoms with E-state index in [4.69, 9.17) is 9.84 Å². The summed E-state index contributed by atoms with van der Waals surface area (Å²) in [5, 5.41) is 32.5. The summed E-state index contributed by atoms with van der Waals surface area (Å²) >= 11 is 0. The predicted molar refractivity (Wildman–Crippen MR) is 132 cm³/mol. The summed E-state index contributed by atoms with van der Waals surface area (Å²) in [6.45, 7) is 1.55. The van der Waals surface area contributed by atoms with Crippen LogP contribution in [0.3, 0.4) is 0 Å². The molecule has 0 saturated heterocycles. The number of ether oxygens (including phenoxy) is 2. The van der Waals surface area contributed by atoms with Crippen LogP contribution in [-0.4, -0.2) is 40.4 Å². The van der Waals surface area contributed by atoms with E-state index in [1.54, 1.807) is 49.4 Å². The lowest BCUT2D eigenvalue weighted by Crippen LogP contribution is -2.50. The topological polar surface area (TPSA) is 112 Å². The number of aliphatic hydroxyl groups excluding tert-OH is 1. The number of carboxylic acid groups (broad SMARTS) is 1. The van der Waals surface area contributed by atoms with E-state index in [1.807, 2.05) is 0 Å². The van der Waals surface area contributed by atoms with E-state index in [2.05, 4.69) is 16.1 Å². The van der Waals surface area contributed by atoms with Gasteiger partial charge < -0.3 is 19.7 Å². The fraction of sp³-hybridized carbons (Fsp3) is 0.286. The third kappa shape index (κ3) is 6.82. The van der Waals surface area contributed by atoms with Gasteiger partial charge in [0, 0.05) is 5.54 Å². The van der Waals surface area contributed by atoms with E-state index in [0.29, 0.717) is 12.0 Å². The lowest BCUT2D eigenvalue weighted by Gasteiger charge is -2.29. The van der Waals surface area contributed by atoms with Crippen molar-refractivity contribution in [3.63, 3.8) is 0 Å². The first-order valence-corrected chi connectivity index (χ1v) is 11.8. The lowest BCUT2D eigenvalue weighted by atomic mass is 10.0. The minimum Gasteiger partial charge on any atom is -0.478 e. The van der Waals surface area contributed by atoms with Gasteiger partial charge in [-0.05, 0) is 79.3 Å². The molecule has 10 heteroatoms. The van der Waals surface area contributed by atoms with Gasteiger partial charge in [0.15, 0.2) is 6.23 Å². The molecule has 4 rings (SSSR count). The zero-order valence-electron chi connectivity index (χ0n) is 20.3. The average Bonchev–Trinajstić information content (AvgIpc) is 3.62. The highest BCUT2D eigenvalue weighted by Crippen LogP contribution is 2.40. The van der Waals surface area contributed by atoms with E-state index in [1.165, 1.54) is 24.3 Å². The number of carbonyl (C=O) groups is 1. The van der Waals surface area contributed by atoms with Crippen molar-refractivity contribution in [2.75, 3.05) is 0 Å². The Kier molecular flexibility index (Phi) is 7.62. The molecule has 2 atom stereocenters. The standard InChI is InChI=1S/C28H25F3N2O5/c1-17(34)25(33-27(12-13-27)15-18-2-10-23(11-3-18)38-28(29,30)31)37-24-14-21(8-9-22(24)16-32)19-4-6-20(7-5-19)26(35)36/h2-11,14,17,25,33-34H,12-13,15H2,1H3,(H,35,36)/t17?,25-/m1/s1. The van der Waals surface area contributed by atoms with E-state index < -0.39 is 30.2 Å². The number of nitriles is 1. The number of carboxylic acids is 1. The molecule has 0 spiro atoms. The Balaban J connectivity index is 1.50. The monoisotopic (exact) mass is 526 g/mol. The SMILES string of the molecule is CC(O)[C@H](NC1(Cc2ccc(OC(F)(F)F)cc2)CC1)Oc1cc(-c2ccc(C(=O)O)cc2)ccc1C#N. The highest BCUT2D eigenvalue weighted by atomic mass is 19.4. The molecule has 7 nitrogen and oxygen atoms in total. The van der Waals surface area contributed by atoms with Crippen LogP contribution in [0.25, 0.3) is 11.1 Å². The molecule has 1 fully saturated rings. The molecule has 198 valence electrons. The number of rotatable bonds is 10. The third-order valence-electron chi connectivity index (χ3n) is 6.26. The number of nitrogens with zero attached hydrogens (tertiary/aromatic N) is 1. The fourth-order valence-electron chi connectivity index (χ4n) is 4.11. The minimum absolute atomic E-state index is 0.148. The third-order valence-corrected chi connectivity index (χ3v) is 6.26. The largest absolute Gasteiger partial charge is 0.573 e. The number of nitrogens with one attached hydrogen (secondary N) is 1. The second kappa shape index (κ2) is 10.7. The highest BCUT2D eigenvalue weighted by Gasteiger charge is 2.45. The normalized spacial score (nSPS) is 15.7. The first-order valence-electron chi connectivity index (χ1n) is 11.8. The van der Waals surface area contributed by atoms with E-state index in [-0.39, 0.29) is 22.6 Å². The van der Waals surface area contributed by atoms with Gasteiger partial charge in [-0.1, -0.05) is 30.3 Å². The zero-order valence-corrected chi connectivity index (χ0v) is 20.3. The van der Waals surface area contributed by atoms with Crippen molar-refractivity contribution >= 4 is 5.97 Å². The van der Waals surface area contributed by atoms with E-state index >= 15 is 0 Å². The molecular formula is C28H25F3N2O5. The molecule has 3 aromatic carbocycles. The fourth-order valence-corrected chi connectivity index (χ4v) is 4.11. The van der Waals surface area contributed by atoms with Crippen molar-refractivity contribution < 1.29 is 37.7 Å². The average molecular weight is 527 g/mol. The molecule has 3 N–H and O–H groups in total. The van der Waals surface area contributed by atoms with Crippen LogP contribution in [0.15, 0.2) is 66.7 Å². The van der Waals surface area contributed by atoms with Gasteiger partial charge in [-0.3, -0.25) is 5.32 Å². The van der Waals surface area contributed by atoms with Gasteiger partial charge >= 0.3 is 12.3 Å². The van der Waals surface area contributed by atoms with Crippen molar-refractivity contribution in [3.05, 3.63) is 83.4 Å². The molecule has 0 bridgehead atoms. The molecular weight excluding hydrogens is 501 g/mol. The first kappa shape index (κ1) is 27.0. The number of alkyl halides is 3. The molecule has 1 saturated carbocycles. The number of hydrogen-bond acceptors (Lipinski definition) is 6. The molecule has 1 aliphatic rings. The minimum atomic E-state index is -4.76. The number of aliphatic hydroxyl groups is 1. The van der Waals surface area contributed by atoms with Gasteiger partial charge in [0.2, 0.25) is 0 Å². The summed E-state index contributed by atoms with van der Waals surface area (Å²) in [7, 11) is 0. The summed E-state index contributed by atoms with van der Waals surface area (Å²) in [6.07, 6.45) is -4.57. The number of aromatic carboxylic acids is 1. The van der Waals surface area contributed by atoms with E-state index in [9.17, 15) is 28.3 Å². The van der Waals surface area contributed by atoms with Crippen molar-refractivity contribution in [1.29, 1.82) is 5.26 Å². The Morgan fingerprint density at radius 2 is 1.71 bits per heavy atom. The summed E-state index contributed by atoms with van der Waals surface area (Å²) in [5.74, 6) is -1.09. The van der Waals surface area contributed by atoms with Crippen LogP contribution < -0.4 is 14.8 Å². The second-order valence-electron chi connectivity index (χ2n) is 9.28. The van der Waals surface area contributed by atoms with Crippen molar-refractivity contribution in [2.24, 2.45) is 0 Å². The van der Waals surface area contributed by atoms with Gasteiger partial charge in [-0.15, -0.1) is 13.2 Å². The van der Waals surface area contributed by atoms with Crippen LogP contribution in [0.1, 0.15) is 41.3 Å². The predicted octanol–water partition coefficient (Wildman–Crippen LogP) is 5.27. The Bertz CT molecular complexity index is 1330. The smallest absolute Gasteiger partial charge is 0.478 e. The van der Waals surface area contributed by atoms with Crippen LogP contribution in [0.4, 0.5) is 13.2 Å². The summed E-state index contributed by atoms with van der Waals surface area (Å²) in [5.41, 5.74) is 2.19. The lowest BCUT2D eigenvalue weighted by molar-refractivity contribution is -0.274. The Morgan fingerprint density at radius 1 is 1.08 bits per heavy atom. The van der Waals surface area contributed by atoms with Gasteiger partial charge in [0.1, 0.15) is 23.7 Å².